The van der Waals surface area contributed by atoms with E-state index < -0.39 is 10.0 Å². The molecule has 1 N–H and O–H groups in total. The van der Waals surface area contributed by atoms with E-state index in [1.54, 1.807) is 50.4 Å². The van der Waals surface area contributed by atoms with Crippen molar-refractivity contribution in [1.29, 1.82) is 0 Å². The van der Waals surface area contributed by atoms with Crippen LogP contribution >= 0.6 is 0 Å². The zero-order valence-corrected chi connectivity index (χ0v) is 17.2. The summed E-state index contributed by atoms with van der Waals surface area (Å²) in [7, 11) is -2.09. The lowest BCUT2D eigenvalue weighted by Crippen LogP contribution is -2.40. The molecule has 0 bridgehead atoms. The zero-order valence-electron chi connectivity index (χ0n) is 16.4. The normalized spacial score (nSPS) is 15.0. The molecule has 2 aromatic carbocycles. The van der Waals surface area contributed by atoms with Crippen LogP contribution in [0, 0.1) is 6.92 Å². The van der Waals surface area contributed by atoms with Crippen LogP contribution in [0.2, 0.25) is 0 Å². The molecule has 1 saturated heterocycles. The lowest BCUT2D eigenvalue weighted by Gasteiger charge is -2.26. The van der Waals surface area contributed by atoms with Crippen LogP contribution in [0.5, 0.6) is 11.5 Å². The largest absolute Gasteiger partial charge is 0.497 e. The average molecular weight is 420 g/mol. The number of anilines is 1. The van der Waals surface area contributed by atoms with Crippen molar-refractivity contribution in [3.63, 3.8) is 0 Å². The van der Waals surface area contributed by atoms with Crippen LogP contribution in [-0.4, -0.2) is 58.7 Å². The predicted molar refractivity (Wildman–Crippen MR) is 108 cm³/mol. The summed E-state index contributed by atoms with van der Waals surface area (Å²) in [5.74, 6) is 0.829. The molecule has 0 spiro atoms. The quantitative estimate of drug-likeness (QED) is 0.737. The fourth-order valence-electron chi connectivity index (χ4n) is 2.90. The van der Waals surface area contributed by atoms with Gasteiger partial charge in [0.1, 0.15) is 11.5 Å². The van der Waals surface area contributed by atoms with E-state index >= 15 is 0 Å². The molecule has 0 atom stereocenters. The summed E-state index contributed by atoms with van der Waals surface area (Å²) in [6, 6.07) is 11.7. The first-order chi connectivity index (χ1) is 13.9. The molecular weight excluding hydrogens is 396 g/mol. The summed E-state index contributed by atoms with van der Waals surface area (Å²) in [5, 5.41) is 2.68. The number of sulfonamides is 1. The van der Waals surface area contributed by atoms with Gasteiger partial charge in [-0.1, -0.05) is 6.07 Å². The van der Waals surface area contributed by atoms with Crippen molar-refractivity contribution < 1.29 is 27.4 Å². The van der Waals surface area contributed by atoms with Gasteiger partial charge in [0, 0.05) is 18.8 Å². The first-order valence-corrected chi connectivity index (χ1v) is 10.6. The maximum Gasteiger partial charge on any atom is 0.262 e. The number of benzene rings is 2. The van der Waals surface area contributed by atoms with Gasteiger partial charge in [-0.15, -0.1) is 0 Å². The number of ether oxygens (including phenoxy) is 3. The second kappa shape index (κ2) is 9.25. The van der Waals surface area contributed by atoms with E-state index in [0.717, 1.165) is 0 Å². The number of aryl methyl sites for hydroxylation is 1. The van der Waals surface area contributed by atoms with Gasteiger partial charge >= 0.3 is 0 Å². The molecule has 1 aliphatic heterocycles. The van der Waals surface area contributed by atoms with Crippen molar-refractivity contribution in [2.24, 2.45) is 0 Å². The first-order valence-electron chi connectivity index (χ1n) is 9.15. The van der Waals surface area contributed by atoms with E-state index in [1.165, 1.54) is 10.4 Å². The third-order valence-electron chi connectivity index (χ3n) is 4.49. The van der Waals surface area contributed by atoms with E-state index in [-0.39, 0.29) is 17.4 Å². The Morgan fingerprint density at radius 3 is 2.41 bits per heavy atom. The molecule has 9 heteroatoms. The number of morpholine rings is 1. The van der Waals surface area contributed by atoms with Gasteiger partial charge in [-0.3, -0.25) is 4.79 Å². The van der Waals surface area contributed by atoms with Gasteiger partial charge in [0.05, 0.1) is 25.2 Å². The maximum atomic E-state index is 12.9. The van der Waals surface area contributed by atoms with Gasteiger partial charge in [0.2, 0.25) is 10.0 Å². The molecule has 0 saturated carbocycles. The van der Waals surface area contributed by atoms with Crippen molar-refractivity contribution in [2.45, 2.75) is 11.8 Å². The van der Waals surface area contributed by atoms with Crippen molar-refractivity contribution in [3.05, 3.63) is 48.0 Å². The predicted octanol–water partition coefficient (Wildman–Crippen LogP) is 2.04. The van der Waals surface area contributed by atoms with Crippen LogP contribution in [0.1, 0.15) is 5.56 Å². The highest BCUT2D eigenvalue weighted by atomic mass is 32.2. The minimum atomic E-state index is -3.65. The van der Waals surface area contributed by atoms with Crippen LogP contribution in [0.4, 0.5) is 5.69 Å². The third kappa shape index (κ3) is 5.26. The van der Waals surface area contributed by atoms with Gasteiger partial charge in [-0.05, 0) is 48.9 Å². The van der Waals surface area contributed by atoms with E-state index in [2.05, 4.69) is 5.32 Å². The Balaban J connectivity index is 1.66. The molecule has 0 radical (unpaired) electrons. The number of amides is 1. The van der Waals surface area contributed by atoms with Crippen molar-refractivity contribution >= 4 is 21.6 Å². The number of carbonyl (C=O) groups is 1. The fraction of sp³-hybridized carbons (Fsp3) is 0.350. The van der Waals surface area contributed by atoms with E-state index in [1.807, 2.05) is 0 Å². The summed E-state index contributed by atoms with van der Waals surface area (Å²) >= 11 is 0. The molecule has 1 heterocycles. The minimum absolute atomic E-state index is 0.174. The third-order valence-corrected chi connectivity index (χ3v) is 6.53. The molecule has 3 rings (SSSR count). The Morgan fingerprint density at radius 1 is 1.10 bits per heavy atom. The van der Waals surface area contributed by atoms with Crippen LogP contribution < -0.4 is 14.8 Å². The molecule has 29 heavy (non-hydrogen) atoms. The topological polar surface area (TPSA) is 94.2 Å². The monoisotopic (exact) mass is 420 g/mol. The Bertz CT molecular complexity index is 953. The van der Waals surface area contributed by atoms with Crippen molar-refractivity contribution in [1.82, 2.24) is 4.31 Å². The Hall–Kier alpha value is -2.62. The highest BCUT2D eigenvalue weighted by molar-refractivity contribution is 7.89. The fourth-order valence-corrected chi connectivity index (χ4v) is 4.56. The van der Waals surface area contributed by atoms with E-state index in [9.17, 15) is 13.2 Å². The van der Waals surface area contributed by atoms with Crippen LogP contribution in [0.25, 0.3) is 0 Å². The van der Waals surface area contributed by atoms with E-state index in [4.69, 9.17) is 14.2 Å². The van der Waals surface area contributed by atoms with Gasteiger partial charge < -0.3 is 19.5 Å². The Labute approximate surface area is 170 Å². The molecular formula is C20H24N2O6S. The molecule has 0 aliphatic carbocycles. The van der Waals surface area contributed by atoms with Crippen LogP contribution in [-0.2, 0) is 19.6 Å². The number of hydrogen-bond donors (Lipinski definition) is 1. The Kier molecular flexibility index (Phi) is 6.73. The van der Waals surface area contributed by atoms with Gasteiger partial charge in [-0.2, -0.15) is 4.31 Å². The number of nitrogens with zero attached hydrogens (tertiary/aromatic N) is 1. The molecule has 0 unspecified atom stereocenters. The summed E-state index contributed by atoms with van der Waals surface area (Å²) in [5.41, 5.74) is 1.01. The van der Waals surface area contributed by atoms with Crippen molar-refractivity contribution in [2.75, 3.05) is 45.3 Å². The highest BCUT2D eigenvalue weighted by Crippen LogP contribution is 2.24. The second-order valence-corrected chi connectivity index (χ2v) is 8.42. The lowest BCUT2D eigenvalue weighted by atomic mass is 10.2. The molecule has 0 aromatic heterocycles. The molecule has 2 aromatic rings. The summed E-state index contributed by atoms with van der Waals surface area (Å²) in [4.78, 5) is 12.4. The number of methoxy groups -OCH3 is 1. The van der Waals surface area contributed by atoms with E-state index in [0.29, 0.717) is 49.1 Å². The smallest absolute Gasteiger partial charge is 0.262 e. The highest BCUT2D eigenvalue weighted by Gasteiger charge is 2.28. The molecule has 1 aliphatic rings. The maximum absolute atomic E-state index is 12.9. The zero-order chi connectivity index (χ0) is 20.9. The Morgan fingerprint density at radius 2 is 1.76 bits per heavy atom. The number of hydrogen-bond acceptors (Lipinski definition) is 6. The standard InChI is InChI=1S/C20H24N2O6S/c1-15-3-4-16(13-19(15)29(24,25)22-9-11-27-12-10-22)21-20(23)14-28-18-7-5-17(26-2)6-8-18/h3-8,13H,9-12,14H2,1-2H3,(H,21,23). The van der Waals surface area contributed by atoms with Crippen LogP contribution in [0.15, 0.2) is 47.4 Å². The van der Waals surface area contributed by atoms with Crippen molar-refractivity contribution in [3.8, 4) is 11.5 Å². The minimum Gasteiger partial charge on any atom is -0.497 e. The second-order valence-electron chi connectivity index (χ2n) is 6.51. The summed E-state index contributed by atoms with van der Waals surface area (Å²) < 4.78 is 43.0. The molecule has 8 nitrogen and oxygen atoms in total. The van der Waals surface area contributed by atoms with Gasteiger partial charge in [0.15, 0.2) is 6.61 Å². The number of nitrogens with one attached hydrogen (secondary N) is 1. The molecule has 1 amide bonds. The summed E-state index contributed by atoms with van der Waals surface area (Å²) in [6.07, 6.45) is 0. The molecule has 156 valence electrons. The summed E-state index contributed by atoms with van der Waals surface area (Å²) in [6.45, 7) is 2.90. The average Bonchev–Trinajstić information content (AvgIpc) is 2.74. The lowest BCUT2D eigenvalue weighted by molar-refractivity contribution is -0.118. The van der Waals surface area contributed by atoms with Gasteiger partial charge in [-0.25, -0.2) is 8.42 Å². The molecule has 1 fully saturated rings. The van der Waals surface area contributed by atoms with Crippen LogP contribution in [0.3, 0.4) is 0 Å². The van der Waals surface area contributed by atoms with Gasteiger partial charge in [0.25, 0.3) is 5.91 Å². The SMILES string of the molecule is COc1ccc(OCC(=O)Nc2ccc(C)c(S(=O)(=O)N3CCOCC3)c2)cc1. The first kappa shape index (κ1) is 21.1. The number of rotatable bonds is 7. The number of carbonyl (C=O) groups excluding carboxylic acids is 1.